The van der Waals surface area contributed by atoms with Crippen LogP contribution in [0.25, 0.3) is 0 Å². The molecule has 0 heterocycles. The summed E-state index contributed by atoms with van der Waals surface area (Å²) in [6.45, 7) is 2.08. The third-order valence-electron chi connectivity index (χ3n) is 0.692. The topological polar surface area (TPSA) is 57.5 Å². The molecule has 0 aliphatic rings. The fourth-order valence-electron chi connectivity index (χ4n) is 0.158. The normalized spacial score (nSPS) is 13.3. The molecule has 0 aliphatic carbocycles. The minimum absolute atomic E-state index is 2.08. The van der Waals surface area contributed by atoms with Crippen molar-refractivity contribution >= 4 is 7.60 Å². The smallest absolute Gasteiger partial charge is 0.320 e. The lowest BCUT2D eigenvalue weighted by molar-refractivity contribution is 0.0735. The van der Waals surface area contributed by atoms with Gasteiger partial charge in [-0.15, -0.1) is 0 Å². The Kier molecular flexibility index (Phi) is 2.30. The van der Waals surface area contributed by atoms with E-state index in [2.05, 4.69) is 6.58 Å². The number of rotatable bonds is 2. The van der Waals surface area contributed by atoms with Crippen molar-refractivity contribution in [2.75, 3.05) is 0 Å². The second kappa shape index (κ2) is 2.38. The largest absolute Gasteiger partial charge is 0.401 e. The average molecular weight is 176 g/mol. The quantitative estimate of drug-likeness (QED) is 0.622. The molecule has 0 spiro atoms. The number of halogens is 3. The third-order valence-corrected chi connectivity index (χ3v) is 1.67. The second-order valence-corrected chi connectivity index (χ2v) is 3.14. The van der Waals surface area contributed by atoms with Crippen LogP contribution in [-0.4, -0.2) is 15.5 Å². The Morgan fingerprint density at radius 1 is 1.50 bits per heavy atom. The lowest BCUT2D eigenvalue weighted by Gasteiger charge is -2.13. The minimum Gasteiger partial charge on any atom is -0.320 e. The number of hydrogen-bond acceptors (Lipinski definition) is 1. The second-order valence-electron chi connectivity index (χ2n) is 1.49. The van der Waals surface area contributed by atoms with E-state index >= 15 is 0 Å². The molecule has 0 aromatic heterocycles. The Morgan fingerprint density at radius 2 is 1.80 bits per heavy atom. The van der Waals surface area contributed by atoms with Gasteiger partial charge in [0, 0.05) is 0 Å². The highest BCUT2D eigenvalue weighted by atomic mass is 31.2. The predicted octanol–water partition coefficient (Wildman–Crippen LogP) is 1.24. The van der Waals surface area contributed by atoms with Crippen LogP contribution in [0.5, 0.6) is 0 Å². The predicted molar refractivity (Wildman–Crippen MR) is 27.2 cm³/mol. The van der Waals surface area contributed by atoms with Crippen molar-refractivity contribution in [1.82, 2.24) is 0 Å². The molecule has 0 bridgehead atoms. The molecular weight excluding hydrogens is 172 g/mol. The molecule has 0 rings (SSSR count). The SMILES string of the molecule is C=C(F)C(F)(F)P(=O)(O)O. The molecule has 0 aliphatic heterocycles. The molecule has 0 aromatic rings. The standard InChI is InChI=1S/C3H4F3O3P/c1-2(4)3(5,6)10(7,8)9/h1H2,(H2,7,8,9). The van der Waals surface area contributed by atoms with Crippen LogP contribution in [-0.2, 0) is 4.57 Å². The van der Waals surface area contributed by atoms with Crippen LogP contribution in [0.15, 0.2) is 12.4 Å². The molecule has 7 heteroatoms. The molecule has 0 saturated carbocycles. The number of alkyl halides is 2. The van der Waals surface area contributed by atoms with E-state index in [1.165, 1.54) is 0 Å². The molecule has 0 unspecified atom stereocenters. The molecule has 10 heavy (non-hydrogen) atoms. The zero-order valence-electron chi connectivity index (χ0n) is 4.59. The van der Waals surface area contributed by atoms with Gasteiger partial charge < -0.3 is 9.79 Å². The third kappa shape index (κ3) is 1.59. The maximum Gasteiger partial charge on any atom is 0.401 e. The summed E-state index contributed by atoms with van der Waals surface area (Å²) in [6, 6.07) is 0. The van der Waals surface area contributed by atoms with Gasteiger partial charge in [-0.2, -0.15) is 8.78 Å². The summed E-state index contributed by atoms with van der Waals surface area (Å²) in [6.07, 6.45) is 0. The highest BCUT2D eigenvalue weighted by Gasteiger charge is 2.52. The van der Waals surface area contributed by atoms with E-state index in [0.29, 0.717) is 0 Å². The summed E-state index contributed by atoms with van der Waals surface area (Å²) < 4.78 is 44.9. The van der Waals surface area contributed by atoms with E-state index in [-0.39, 0.29) is 0 Å². The van der Waals surface area contributed by atoms with Crippen LogP contribution < -0.4 is 0 Å². The van der Waals surface area contributed by atoms with Crippen LogP contribution in [0, 0.1) is 0 Å². The van der Waals surface area contributed by atoms with E-state index in [4.69, 9.17) is 9.79 Å². The van der Waals surface area contributed by atoms with Crippen molar-refractivity contribution in [1.29, 1.82) is 0 Å². The molecule has 0 fully saturated rings. The van der Waals surface area contributed by atoms with E-state index < -0.39 is 19.1 Å². The highest BCUT2D eigenvalue weighted by Crippen LogP contribution is 2.56. The first-order valence-electron chi connectivity index (χ1n) is 1.98. The summed E-state index contributed by atoms with van der Waals surface area (Å²) in [5.74, 6) is -2.33. The molecule has 60 valence electrons. The molecule has 0 aromatic carbocycles. The van der Waals surface area contributed by atoms with Gasteiger partial charge in [-0.25, -0.2) is 4.39 Å². The molecule has 2 N–H and O–H groups in total. The lowest BCUT2D eigenvalue weighted by atomic mass is 10.6. The van der Waals surface area contributed by atoms with E-state index in [1.807, 2.05) is 0 Å². The first-order valence-corrected chi connectivity index (χ1v) is 3.59. The molecule has 0 radical (unpaired) electrons. The van der Waals surface area contributed by atoms with Gasteiger partial charge in [-0.05, 0) is 0 Å². The van der Waals surface area contributed by atoms with Gasteiger partial charge in [0.2, 0.25) is 0 Å². The molecular formula is C3H4F3O3P. The van der Waals surface area contributed by atoms with Crippen LogP contribution in [0.1, 0.15) is 0 Å². The number of hydrogen-bond donors (Lipinski definition) is 2. The Balaban J connectivity index is 4.75. The monoisotopic (exact) mass is 176 g/mol. The van der Waals surface area contributed by atoms with Crippen molar-refractivity contribution in [3.63, 3.8) is 0 Å². The Labute approximate surface area is 54.3 Å². The molecule has 0 amide bonds. The average Bonchev–Trinajstić information content (AvgIpc) is 1.62. The van der Waals surface area contributed by atoms with Gasteiger partial charge in [0.1, 0.15) is 0 Å². The maximum absolute atomic E-state index is 11.8. The van der Waals surface area contributed by atoms with Gasteiger partial charge in [-0.3, -0.25) is 4.57 Å². The first-order chi connectivity index (χ1) is 4.19. The first kappa shape index (κ1) is 9.68. The minimum atomic E-state index is -5.73. The highest BCUT2D eigenvalue weighted by molar-refractivity contribution is 7.53. The van der Waals surface area contributed by atoms with Crippen molar-refractivity contribution in [2.45, 2.75) is 5.66 Å². The van der Waals surface area contributed by atoms with Gasteiger partial charge in [0.25, 0.3) is 0 Å². The molecule has 0 atom stereocenters. The van der Waals surface area contributed by atoms with Crippen molar-refractivity contribution in [3.05, 3.63) is 12.4 Å². The van der Waals surface area contributed by atoms with Crippen molar-refractivity contribution in [3.8, 4) is 0 Å². The fourth-order valence-corrected chi connectivity index (χ4v) is 0.474. The Morgan fingerprint density at radius 3 is 1.80 bits per heavy atom. The van der Waals surface area contributed by atoms with Crippen molar-refractivity contribution < 1.29 is 27.5 Å². The van der Waals surface area contributed by atoms with Crippen LogP contribution >= 0.6 is 7.60 Å². The maximum atomic E-state index is 11.8. The van der Waals surface area contributed by atoms with Gasteiger partial charge in [0.15, 0.2) is 5.83 Å². The summed E-state index contributed by atoms with van der Waals surface area (Å²) in [4.78, 5) is 15.6. The summed E-state index contributed by atoms with van der Waals surface area (Å²) in [7, 11) is -5.73. The van der Waals surface area contributed by atoms with Crippen LogP contribution in [0.4, 0.5) is 13.2 Å². The summed E-state index contributed by atoms with van der Waals surface area (Å²) in [5, 5.41) is 0. The van der Waals surface area contributed by atoms with Gasteiger partial charge in [-0.1, -0.05) is 6.58 Å². The molecule has 3 nitrogen and oxygen atoms in total. The van der Waals surface area contributed by atoms with E-state index in [1.54, 1.807) is 0 Å². The Bertz CT molecular complexity index is 195. The van der Waals surface area contributed by atoms with Crippen LogP contribution in [0.2, 0.25) is 0 Å². The lowest BCUT2D eigenvalue weighted by Crippen LogP contribution is -2.15. The zero-order chi connectivity index (χ0) is 8.58. The van der Waals surface area contributed by atoms with Crippen molar-refractivity contribution in [2.24, 2.45) is 0 Å². The summed E-state index contributed by atoms with van der Waals surface area (Å²) >= 11 is 0. The van der Waals surface area contributed by atoms with Gasteiger partial charge >= 0.3 is 13.3 Å². The van der Waals surface area contributed by atoms with Gasteiger partial charge in [0.05, 0.1) is 0 Å². The Hall–Kier alpha value is -0.320. The number of allylic oxidation sites excluding steroid dienone is 1. The van der Waals surface area contributed by atoms with E-state index in [9.17, 15) is 17.7 Å². The van der Waals surface area contributed by atoms with Crippen LogP contribution in [0.3, 0.4) is 0 Å². The summed E-state index contributed by atoms with van der Waals surface area (Å²) in [5.41, 5.74) is -4.76. The van der Waals surface area contributed by atoms with E-state index in [0.717, 1.165) is 0 Å². The fraction of sp³-hybridized carbons (Fsp3) is 0.333. The zero-order valence-corrected chi connectivity index (χ0v) is 5.49. The molecule has 0 saturated heterocycles.